The fourth-order valence-corrected chi connectivity index (χ4v) is 2.02. The molecule has 0 aliphatic carbocycles. The summed E-state index contributed by atoms with van der Waals surface area (Å²) in [7, 11) is 1.68. The zero-order chi connectivity index (χ0) is 14.4. The highest BCUT2D eigenvalue weighted by molar-refractivity contribution is 5.27. The van der Waals surface area contributed by atoms with Gasteiger partial charge in [-0.15, -0.1) is 0 Å². The van der Waals surface area contributed by atoms with Crippen molar-refractivity contribution in [1.29, 1.82) is 0 Å². The van der Waals surface area contributed by atoms with Crippen molar-refractivity contribution in [2.24, 2.45) is 0 Å². The van der Waals surface area contributed by atoms with Crippen molar-refractivity contribution in [3.05, 3.63) is 53.4 Å². The van der Waals surface area contributed by atoms with E-state index in [4.69, 9.17) is 4.74 Å². The zero-order valence-corrected chi connectivity index (χ0v) is 11.9. The van der Waals surface area contributed by atoms with Gasteiger partial charge in [0.2, 0.25) is 0 Å². The Morgan fingerprint density at radius 2 is 2.25 bits per heavy atom. The molecule has 2 aromatic rings. The summed E-state index contributed by atoms with van der Waals surface area (Å²) in [4.78, 5) is 4.33. The van der Waals surface area contributed by atoms with Crippen molar-refractivity contribution in [1.82, 2.24) is 14.9 Å². The van der Waals surface area contributed by atoms with Crippen LogP contribution in [0.3, 0.4) is 0 Å². The van der Waals surface area contributed by atoms with Gasteiger partial charge in [0.15, 0.2) is 0 Å². The third-order valence-corrected chi connectivity index (χ3v) is 3.22. The number of hydrogen-bond acceptors (Lipinski definition) is 3. The minimum absolute atomic E-state index is 0.203. The maximum absolute atomic E-state index is 13.3. The molecule has 1 aromatic heterocycles. The number of rotatable bonds is 7. The molecule has 20 heavy (non-hydrogen) atoms. The van der Waals surface area contributed by atoms with E-state index >= 15 is 0 Å². The summed E-state index contributed by atoms with van der Waals surface area (Å²) in [5, 5.41) is 3.26. The number of aryl methyl sites for hydroxylation is 1. The number of imidazole rings is 1. The van der Waals surface area contributed by atoms with Crippen LogP contribution >= 0.6 is 0 Å². The van der Waals surface area contributed by atoms with Crippen molar-refractivity contribution < 1.29 is 9.13 Å². The van der Waals surface area contributed by atoms with Gasteiger partial charge in [-0.1, -0.05) is 6.07 Å². The molecule has 0 spiro atoms. The zero-order valence-electron chi connectivity index (χ0n) is 11.9. The second kappa shape index (κ2) is 7.17. The molecule has 0 saturated carbocycles. The molecule has 1 aromatic carbocycles. The second-order valence-electron chi connectivity index (χ2n) is 4.71. The Kier molecular flexibility index (Phi) is 5.26. The van der Waals surface area contributed by atoms with Crippen molar-refractivity contribution in [2.45, 2.75) is 20.0 Å². The molecular formula is C15H20FN3O. The molecule has 2 rings (SSSR count). The number of methoxy groups -OCH3 is 1. The topological polar surface area (TPSA) is 39.1 Å². The van der Waals surface area contributed by atoms with Gasteiger partial charge in [0.05, 0.1) is 13.2 Å². The van der Waals surface area contributed by atoms with E-state index in [1.165, 1.54) is 6.07 Å². The lowest BCUT2D eigenvalue weighted by molar-refractivity contribution is 0.199. The molecule has 1 N–H and O–H groups in total. The first-order valence-corrected chi connectivity index (χ1v) is 6.65. The van der Waals surface area contributed by atoms with E-state index in [-0.39, 0.29) is 5.82 Å². The molecule has 0 atom stereocenters. The maximum atomic E-state index is 13.3. The van der Waals surface area contributed by atoms with Crippen LogP contribution in [0.15, 0.2) is 30.6 Å². The fraction of sp³-hybridized carbons (Fsp3) is 0.400. The predicted molar refractivity (Wildman–Crippen MR) is 76.0 cm³/mol. The number of ether oxygens (including phenoxy) is 1. The molecule has 1 heterocycles. The SMILES string of the molecule is COCCNCc1nccn1Cc1cc(F)ccc1C. The lowest BCUT2D eigenvalue weighted by atomic mass is 10.1. The predicted octanol–water partition coefficient (Wildman–Crippen LogP) is 2.11. The number of aromatic nitrogens is 2. The Hall–Kier alpha value is -1.72. The van der Waals surface area contributed by atoms with E-state index in [9.17, 15) is 4.39 Å². The number of halogens is 1. The second-order valence-corrected chi connectivity index (χ2v) is 4.71. The van der Waals surface area contributed by atoms with Crippen LogP contribution in [0.25, 0.3) is 0 Å². The van der Waals surface area contributed by atoms with E-state index in [2.05, 4.69) is 10.3 Å². The first-order valence-electron chi connectivity index (χ1n) is 6.65. The Bertz CT molecular complexity index is 554. The Morgan fingerprint density at radius 1 is 1.40 bits per heavy atom. The third kappa shape index (κ3) is 3.88. The molecule has 0 radical (unpaired) electrons. The molecule has 108 valence electrons. The minimum Gasteiger partial charge on any atom is -0.383 e. The number of nitrogens with zero attached hydrogens (tertiary/aromatic N) is 2. The highest BCUT2D eigenvalue weighted by Crippen LogP contribution is 2.13. The summed E-state index contributed by atoms with van der Waals surface area (Å²) >= 11 is 0. The fourth-order valence-electron chi connectivity index (χ4n) is 2.02. The highest BCUT2D eigenvalue weighted by atomic mass is 19.1. The summed E-state index contributed by atoms with van der Waals surface area (Å²) in [6.07, 6.45) is 3.68. The average Bonchev–Trinajstić information content (AvgIpc) is 2.86. The summed E-state index contributed by atoms with van der Waals surface area (Å²) in [6, 6.07) is 4.87. The molecule has 5 heteroatoms. The van der Waals surface area contributed by atoms with Gasteiger partial charge in [0.1, 0.15) is 11.6 Å². The molecule has 0 bridgehead atoms. The lowest BCUT2D eigenvalue weighted by Crippen LogP contribution is -2.21. The molecule has 0 unspecified atom stereocenters. The largest absolute Gasteiger partial charge is 0.383 e. The van der Waals surface area contributed by atoms with Gasteiger partial charge in [-0.2, -0.15) is 0 Å². The molecule has 0 fully saturated rings. The standard InChI is InChI=1S/C15H20FN3O/c1-12-3-4-14(16)9-13(12)11-19-7-5-18-15(19)10-17-6-8-20-2/h3-5,7,9,17H,6,8,10-11H2,1-2H3. The van der Waals surface area contributed by atoms with Gasteiger partial charge in [-0.25, -0.2) is 9.37 Å². The average molecular weight is 277 g/mol. The molecule has 0 aliphatic rings. The van der Waals surface area contributed by atoms with Gasteiger partial charge < -0.3 is 14.6 Å². The van der Waals surface area contributed by atoms with Crippen LogP contribution in [0.2, 0.25) is 0 Å². The van der Waals surface area contributed by atoms with Crippen LogP contribution in [-0.4, -0.2) is 29.8 Å². The molecular weight excluding hydrogens is 257 g/mol. The van der Waals surface area contributed by atoms with Crippen molar-refractivity contribution in [2.75, 3.05) is 20.3 Å². The van der Waals surface area contributed by atoms with Crippen molar-refractivity contribution in [3.8, 4) is 0 Å². The van der Waals surface area contributed by atoms with Crippen molar-refractivity contribution in [3.63, 3.8) is 0 Å². The van der Waals surface area contributed by atoms with Gasteiger partial charge in [0, 0.05) is 32.6 Å². The quantitative estimate of drug-likeness (QED) is 0.788. The van der Waals surface area contributed by atoms with Crippen LogP contribution in [0.5, 0.6) is 0 Å². The van der Waals surface area contributed by atoms with E-state index < -0.39 is 0 Å². The van der Waals surface area contributed by atoms with Crippen LogP contribution in [0, 0.1) is 12.7 Å². The van der Waals surface area contributed by atoms with E-state index in [0.717, 1.165) is 23.5 Å². The van der Waals surface area contributed by atoms with Gasteiger partial charge in [0.25, 0.3) is 0 Å². The minimum atomic E-state index is -0.203. The Labute approximate surface area is 118 Å². The van der Waals surface area contributed by atoms with Crippen LogP contribution < -0.4 is 5.32 Å². The van der Waals surface area contributed by atoms with E-state index in [0.29, 0.717) is 19.7 Å². The lowest BCUT2D eigenvalue weighted by Gasteiger charge is -2.11. The molecule has 0 saturated heterocycles. The summed E-state index contributed by atoms with van der Waals surface area (Å²) in [5.41, 5.74) is 2.06. The van der Waals surface area contributed by atoms with Gasteiger partial charge >= 0.3 is 0 Å². The molecule has 0 aliphatic heterocycles. The smallest absolute Gasteiger partial charge is 0.123 e. The summed E-state index contributed by atoms with van der Waals surface area (Å²) in [6.45, 7) is 4.74. The van der Waals surface area contributed by atoms with Crippen LogP contribution in [0.4, 0.5) is 4.39 Å². The highest BCUT2D eigenvalue weighted by Gasteiger charge is 2.06. The number of benzene rings is 1. The molecule has 4 nitrogen and oxygen atoms in total. The summed E-state index contributed by atoms with van der Waals surface area (Å²) in [5.74, 6) is 0.732. The van der Waals surface area contributed by atoms with Crippen molar-refractivity contribution >= 4 is 0 Å². The van der Waals surface area contributed by atoms with Crippen LogP contribution in [0.1, 0.15) is 17.0 Å². The van der Waals surface area contributed by atoms with Crippen LogP contribution in [-0.2, 0) is 17.8 Å². The third-order valence-electron chi connectivity index (χ3n) is 3.22. The van der Waals surface area contributed by atoms with E-state index in [1.54, 1.807) is 25.4 Å². The van der Waals surface area contributed by atoms with Gasteiger partial charge in [-0.05, 0) is 30.2 Å². The first kappa shape index (κ1) is 14.7. The summed E-state index contributed by atoms with van der Waals surface area (Å²) < 4.78 is 20.3. The monoisotopic (exact) mass is 277 g/mol. The number of hydrogen-bond donors (Lipinski definition) is 1. The number of nitrogens with one attached hydrogen (secondary N) is 1. The Morgan fingerprint density at radius 3 is 3.05 bits per heavy atom. The first-order chi connectivity index (χ1) is 9.70. The normalized spacial score (nSPS) is 10.9. The van der Waals surface area contributed by atoms with Gasteiger partial charge in [-0.3, -0.25) is 0 Å². The molecule has 0 amide bonds. The van der Waals surface area contributed by atoms with E-state index in [1.807, 2.05) is 17.7 Å². The maximum Gasteiger partial charge on any atom is 0.123 e. The Balaban J connectivity index is 2.02.